The van der Waals surface area contributed by atoms with Crippen molar-refractivity contribution in [1.82, 2.24) is 9.97 Å². The summed E-state index contributed by atoms with van der Waals surface area (Å²) < 4.78 is 6.80. The van der Waals surface area contributed by atoms with Gasteiger partial charge in [-0.25, -0.2) is 4.98 Å². The summed E-state index contributed by atoms with van der Waals surface area (Å²) in [7, 11) is 0. The Bertz CT molecular complexity index is 706. The van der Waals surface area contributed by atoms with Crippen LogP contribution in [-0.2, 0) is 0 Å². The van der Waals surface area contributed by atoms with E-state index in [1.54, 1.807) is 0 Å². The smallest absolute Gasteiger partial charge is 0.129 e. The number of nitrogens with zero attached hydrogens (tertiary/aromatic N) is 1. The molecule has 0 aliphatic carbocycles. The summed E-state index contributed by atoms with van der Waals surface area (Å²) in [5, 5.41) is 0. The topological polar surface area (TPSA) is 37.9 Å². The van der Waals surface area contributed by atoms with E-state index >= 15 is 0 Å². The van der Waals surface area contributed by atoms with E-state index in [1.807, 2.05) is 49.4 Å². The number of benzene rings is 2. The normalized spacial score (nSPS) is 10.8. The molecule has 0 atom stereocenters. The number of fused-ring (bicyclic) bond motifs is 1. The van der Waals surface area contributed by atoms with Crippen LogP contribution in [0.4, 0.5) is 0 Å². The van der Waals surface area contributed by atoms with Gasteiger partial charge >= 0.3 is 0 Å². The van der Waals surface area contributed by atoms with Crippen LogP contribution in [0.1, 0.15) is 5.82 Å². The SMILES string of the molecule is Cc1nc2ccc(Oc3cccc(Br)c3)cc2[nH]1. The highest BCUT2D eigenvalue weighted by molar-refractivity contribution is 9.10. The third kappa shape index (κ3) is 2.24. The van der Waals surface area contributed by atoms with E-state index in [0.29, 0.717) is 0 Å². The number of aryl methyl sites for hydroxylation is 1. The second-order valence-corrected chi connectivity index (χ2v) is 4.98. The molecular formula is C14H11BrN2O. The Morgan fingerprint density at radius 3 is 2.78 bits per heavy atom. The van der Waals surface area contributed by atoms with Gasteiger partial charge in [0, 0.05) is 10.5 Å². The zero-order chi connectivity index (χ0) is 12.5. The Morgan fingerprint density at radius 1 is 1.11 bits per heavy atom. The quantitative estimate of drug-likeness (QED) is 0.760. The van der Waals surface area contributed by atoms with Gasteiger partial charge in [0.05, 0.1) is 11.0 Å². The number of ether oxygens (including phenoxy) is 1. The van der Waals surface area contributed by atoms with Gasteiger partial charge in [-0.2, -0.15) is 0 Å². The molecule has 0 saturated carbocycles. The molecule has 1 aromatic heterocycles. The Hall–Kier alpha value is -1.81. The molecular weight excluding hydrogens is 292 g/mol. The molecule has 0 fully saturated rings. The van der Waals surface area contributed by atoms with Crippen LogP contribution in [-0.4, -0.2) is 9.97 Å². The Kier molecular flexibility index (Phi) is 2.80. The lowest BCUT2D eigenvalue weighted by Gasteiger charge is -2.05. The van der Waals surface area contributed by atoms with E-state index in [1.165, 1.54) is 0 Å². The van der Waals surface area contributed by atoms with Crippen LogP contribution in [0.25, 0.3) is 11.0 Å². The fraction of sp³-hybridized carbons (Fsp3) is 0.0714. The second-order valence-electron chi connectivity index (χ2n) is 4.06. The van der Waals surface area contributed by atoms with Crippen LogP contribution in [0, 0.1) is 6.92 Å². The highest BCUT2D eigenvalue weighted by atomic mass is 79.9. The highest BCUT2D eigenvalue weighted by Gasteiger charge is 2.03. The predicted octanol–water partition coefficient (Wildman–Crippen LogP) is 4.43. The van der Waals surface area contributed by atoms with Crippen molar-refractivity contribution in [3.05, 3.63) is 52.8 Å². The van der Waals surface area contributed by atoms with Gasteiger partial charge in [-0.1, -0.05) is 22.0 Å². The van der Waals surface area contributed by atoms with Gasteiger partial charge in [-0.3, -0.25) is 0 Å². The van der Waals surface area contributed by atoms with Crippen molar-refractivity contribution in [3.8, 4) is 11.5 Å². The van der Waals surface area contributed by atoms with Gasteiger partial charge < -0.3 is 9.72 Å². The molecule has 4 heteroatoms. The van der Waals surface area contributed by atoms with E-state index < -0.39 is 0 Å². The summed E-state index contributed by atoms with van der Waals surface area (Å²) in [6, 6.07) is 13.6. The lowest BCUT2D eigenvalue weighted by Crippen LogP contribution is -1.83. The largest absolute Gasteiger partial charge is 0.457 e. The molecule has 0 bridgehead atoms. The number of hydrogen-bond acceptors (Lipinski definition) is 2. The van der Waals surface area contributed by atoms with Crippen molar-refractivity contribution < 1.29 is 4.74 Å². The average Bonchev–Trinajstić information content (AvgIpc) is 2.68. The van der Waals surface area contributed by atoms with Crippen molar-refractivity contribution in [2.24, 2.45) is 0 Å². The zero-order valence-electron chi connectivity index (χ0n) is 9.77. The molecule has 1 N–H and O–H groups in total. The number of aromatic nitrogens is 2. The van der Waals surface area contributed by atoms with Crippen LogP contribution >= 0.6 is 15.9 Å². The molecule has 2 aromatic carbocycles. The minimum Gasteiger partial charge on any atom is -0.457 e. The first-order chi connectivity index (χ1) is 8.70. The van der Waals surface area contributed by atoms with E-state index in [2.05, 4.69) is 25.9 Å². The van der Waals surface area contributed by atoms with Gasteiger partial charge in [-0.15, -0.1) is 0 Å². The number of hydrogen-bond donors (Lipinski definition) is 1. The fourth-order valence-corrected chi connectivity index (χ4v) is 2.22. The number of rotatable bonds is 2. The molecule has 18 heavy (non-hydrogen) atoms. The van der Waals surface area contributed by atoms with Crippen LogP contribution in [0.5, 0.6) is 11.5 Å². The predicted molar refractivity (Wildman–Crippen MR) is 75.0 cm³/mol. The van der Waals surface area contributed by atoms with Crippen molar-refractivity contribution in [1.29, 1.82) is 0 Å². The summed E-state index contributed by atoms with van der Waals surface area (Å²) in [4.78, 5) is 7.55. The maximum absolute atomic E-state index is 5.80. The van der Waals surface area contributed by atoms with Crippen molar-refractivity contribution in [3.63, 3.8) is 0 Å². The lowest BCUT2D eigenvalue weighted by atomic mass is 10.3. The lowest BCUT2D eigenvalue weighted by molar-refractivity contribution is 0.483. The summed E-state index contributed by atoms with van der Waals surface area (Å²) in [6.45, 7) is 1.94. The molecule has 0 spiro atoms. The third-order valence-electron chi connectivity index (χ3n) is 2.60. The average molecular weight is 303 g/mol. The molecule has 0 saturated heterocycles. The standard InChI is InChI=1S/C14H11BrN2O/c1-9-16-13-6-5-12(8-14(13)17-9)18-11-4-2-3-10(15)7-11/h2-8H,1H3,(H,16,17). The molecule has 0 aliphatic heterocycles. The summed E-state index contributed by atoms with van der Waals surface area (Å²) in [5.74, 6) is 2.51. The molecule has 3 nitrogen and oxygen atoms in total. The van der Waals surface area contributed by atoms with Gasteiger partial charge in [0.2, 0.25) is 0 Å². The molecule has 0 amide bonds. The van der Waals surface area contributed by atoms with Crippen LogP contribution in [0.3, 0.4) is 0 Å². The van der Waals surface area contributed by atoms with Crippen LogP contribution in [0.15, 0.2) is 46.9 Å². The number of H-pyrrole nitrogens is 1. The summed E-state index contributed by atoms with van der Waals surface area (Å²) >= 11 is 3.42. The molecule has 90 valence electrons. The monoisotopic (exact) mass is 302 g/mol. The molecule has 1 heterocycles. The number of halogens is 1. The Morgan fingerprint density at radius 2 is 1.94 bits per heavy atom. The Balaban J connectivity index is 1.94. The van der Waals surface area contributed by atoms with Crippen LogP contribution < -0.4 is 4.74 Å². The van der Waals surface area contributed by atoms with Crippen LogP contribution in [0.2, 0.25) is 0 Å². The minimum atomic E-state index is 0.796. The van der Waals surface area contributed by atoms with Crippen molar-refractivity contribution in [2.75, 3.05) is 0 Å². The third-order valence-corrected chi connectivity index (χ3v) is 3.10. The first-order valence-electron chi connectivity index (χ1n) is 5.60. The number of nitrogens with one attached hydrogen (secondary N) is 1. The molecule has 3 rings (SSSR count). The van der Waals surface area contributed by atoms with Crippen molar-refractivity contribution >= 4 is 27.0 Å². The zero-order valence-corrected chi connectivity index (χ0v) is 11.4. The van der Waals surface area contributed by atoms with E-state index in [0.717, 1.165) is 32.8 Å². The first kappa shape index (κ1) is 11.3. The van der Waals surface area contributed by atoms with E-state index in [-0.39, 0.29) is 0 Å². The molecule has 0 radical (unpaired) electrons. The van der Waals surface area contributed by atoms with Gasteiger partial charge in [-0.05, 0) is 37.3 Å². The fourth-order valence-electron chi connectivity index (χ4n) is 1.85. The summed E-state index contributed by atoms with van der Waals surface area (Å²) in [5.41, 5.74) is 1.94. The number of aromatic amines is 1. The molecule has 0 unspecified atom stereocenters. The minimum absolute atomic E-state index is 0.796. The van der Waals surface area contributed by atoms with Gasteiger partial charge in [0.15, 0.2) is 0 Å². The van der Waals surface area contributed by atoms with E-state index in [4.69, 9.17) is 4.74 Å². The highest BCUT2D eigenvalue weighted by Crippen LogP contribution is 2.26. The van der Waals surface area contributed by atoms with E-state index in [9.17, 15) is 0 Å². The molecule has 0 aliphatic rings. The molecule has 3 aromatic rings. The first-order valence-corrected chi connectivity index (χ1v) is 6.40. The summed E-state index contributed by atoms with van der Waals surface area (Å²) in [6.07, 6.45) is 0. The maximum Gasteiger partial charge on any atom is 0.129 e. The van der Waals surface area contributed by atoms with Gasteiger partial charge in [0.25, 0.3) is 0 Å². The maximum atomic E-state index is 5.80. The van der Waals surface area contributed by atoms with Gasteiger partial charge in [0.1, 0.15) is 17.3 Å². The van der Waals surface area contributed by atoms with Crippen molar-refractivity contribution in [2.45, 2.75) is 6.92 Å². The second kappa shape index (κ2) is 4.46. The Labute approximate surface area is 113 Å². The number of imidazole rings is 1.